The van der Waals surface area contributed by atoms with Crippen molar-refractivity contribution in [2.75, 3.05) is 38.2 Å². The molecule has 0 radical (unpaired) electrons. The summed E-state index contributed by atoms with van der Waals surface area (Å²) in [5.74, 6) is 0.990. The Balaban J connectivity index is 2.30. The van der Waals surface area contributed by atoms with E-state index in [2.05, 4.69) is 49.2 Å². The van der Waals surface area contributed by atoms with E-state index in [1.807, 2.05) is 0 Å². The lowest BCUT2D eigenvalue weighted by Gasteiger charge is -2.31. The highest BCUT2D eigenvalue weighted by atomic mass is 16.5. The molecule has 0 aromatic heterocycles. The first-order chi connectivity index (χ1) is 8.52. The molecule has 1 heterocycles. The third-order valence-electron chi connectivity index (χ3n) is 3.50. The lowest BCUT2D eigenvalue weighted by atomic mass is 9.87. The Hall–Kier alpha value is -1.22. The zero-order valence-electron chi connectivity index (χ0n) is 11.9. The molecule has 1 aliphatic heterocycles. The Morgan fingerprint density at radius 1 is 1.17 bits per heavy atom. The van der Waals surface area contributed by atoms with E-state index in [1.165, 1.54) is 11.3 Å². The number of anilines is 1. The van der Waals surface area contributed by atoms with Gasteiger partial charge in [-0.15, -0.1) is 0 Å². The Labute approximate surface area is 110 Å². The van der Waals surface area contributed by atoms with Crippen molar-refractivity contribution in [3.8, 4) is 5.75 Å². The van der Waals surface area contributed by atoms with Crippen LogP contribution in [0.25, 0.3) is 0 Å². The molecule has 0 bridgehead atoms. The Bertz CT molecular complexity index is 403. The monoisotopic (exact) mass is 248 g/mol. The van der Waals surface area contributed by atoms with Crippen LogP contribution in [0.2, 0.25) is 0 Å². The van der Waals surface area contributed by atoms with Crippen molar-refractivity contribution in [3.63, 3.8) is 0 Å². The first-order valence-corrected chi connectivity index (χ1v) is 6.66. The summed E-state index contributed by atoms with van der Waals surface area (Å²) in [6, 6.07) is 6.60. The summed E-state index contributed by atoms with van der Waals surface area (Å²) in [6.07, 6.45) is 0. The third-order valence-corrected chi connectivity index (χ3v) is 3.50. The number of methoxy groups -OCH3 is 1. The summed E-state index contributed by atoms with van der Waals surface area (Å²) in [5.41, 5.74) is 2.69. The highest BCUT2D eigenvalue weighted by molar-refractivity contribution is 5.60. The molecule has 1 fully saturated rings. The molecule has 18 heavy (non-hydrogen) atoms. The van der Waals surface area contributed by atoms with Gasteiger partial charge < -0.3 is 15.0 Å². The Morgan fingerprint density at radius 2 is 1.83 bits per heavy atom. The van der Waals surface area contributed by atoms with Crippen molar-refractivity contribution in [2.45, 2.75) is 26.2 Å². The van der Waals surface area contributed by atoms with Crippen LogP contribution in [0.3, 0.4) is 0 Å². The van der Waals surface area contributed by atoms with Crippen LogP contribution in [0, 0.1) is 0 Å². The summed E-state index contributed by atoms with van der Waals surface area (Å²) < 4.78 is 5.57. The lowest BCUT2D eigenvalue weighted by Crippen LogP contribution is -2.43. The molecule has 2 rings (SSSR count). The van der Waals surface area contributed by atoms with Gasteiger partial charge in [-0.3, -0.25) is 0 Å². The number of rotatable bonds is 2. The molecule has 1 aromatic rings. The SMILES string of the molecule is COc1cc(C(C)(C)C)ccc1N1CCNCC1. The molecule has 0 spiro atoms. The van der Waals surface area contributed by atoms with E-state index in [9.17, 15) is 0 Å². The van der Waals surface area contributed by atoms with E-state index >= 15 is 0 Å². The number of nitrogens with zero attached hydrogens (tertiary/aromatic N) is 1. The van der Waals surface area contributed by atoms with Crippen LogP contribution in [-0.2, 0) is 5.41 Å². The Kier molecular flexibility index (Phi) is 3.81. The highest BCUT2D eigenvalue weighted by Gasteiger charge is 2.19. The van der Waals surface area contributed by atoms with Crippen LogP contribution in [0.5, 0.6) is 5.75 Å². The van der Waals surface area contributed by atoms with Crippen LogP contribution in [-0.4, -0.2) is 33.3 Å². The molecule has 0 amide bonds. The normalized spacial score (nSPS) is 16.8. The van der Waals surface area contributed by atoms with Gasteiger partial charge in [0.25, 0.3) is 0 Å². The third kappa shape index (κ3) is 2.78. The summed E-state index contributed by atoms with van der Waals surface area (Å²) in [6.45, 7) is 10.9. The topological polar surface area (TPSA) is 24.5 Å². The minimum Gasteiger partial charge on any atom is -0.495 e. The highest BCUT2D eigenvalue weighted by Crippen LogP contribution is 2.33. The molecule has 0 aliphatic carbocycles. The fourth-order valence-electron chi connectivity index (χ4n) is 2.31. The predicted molar refractivity (Wildman–Crippen MR) is 76.8 cm³/mol. The van der Waals surface area contributed by atoms with Crippen molar-refractivity contribution < 1.29 is 4.74 Å². The summed E-state index contributed by atoms with van der Waals surface area (Å²) in [4.78, 5) is 2.39. The van der Waals surface area contributed by atoms with Gasteiger partial charge in [-0.25, -0.2) is 0 Å². The van der Waals surface area contributed by atoms with Gasteiger partial charge in [-0.1, -0.05) is 26.8 Å². The Morgan fingerprint density at radius 3 is 2.39 bits per heavy atom. The molecule has 1 saturated heterocycles. The van der Waals surface area contributed by atoms with Crippen molar-refractivity contribution in [1.82, 2.24) is 5.32 Å². The van der Waals surface area contributed by atoms with E-state index in [1.54, 1.807) is 7.11 Å². The average molecular weight is 248 g/mol. The molecule has 100 valence electrons. The van der Waals surface area contributed by atoms with Crippen molar-refractivity contribution in [1.29, 1.82) is 0 Å². The number of hydrogen-bond donors (Lipinski definition) is 1. The van der Waals surface area contributed by atoms with Crippen LogP contribution in [0.4, 0.5) is 5.69 Å². The maximum atomic E-state index is 5.57. The van der Waals surface area contributed by atoms with Gasteiger partial charge in [0.05, 0.1) is 12.8 Å². The van der Waals surface area contributed by atoms with Gasteiger partial charge in [-0.2, -0.15) is 0 Å². The first kappa shape index (κ1) is 13.2. The number of ether oxygens (including phenoxy) is 1. The van der Waals surface area contributed by atoms with Gasteiger partial charge >= 0.3 is 0 Å². The second-order valence-corrected chi connectivity index (χ2v) is 5.87. The maximum absolute atomic E-state index is 5.57. The molecule has 1 N–H and O–H groups in total. The molecular formula is C15H24N2O. The molecule has 3 heteroatoms. The van der Waals surface area contributed by atoms with E-state index in [0.717, 1.165) is 31.9 Å². The standard InChI is InChI=1S/C15H24N2O/c1-15(2,3)12-5-6-13(14(11-12)18-4)17-9-7-16-8-10-17/h5-6,11,16H,7-10H2,1-4H3. The lowest BCUT2D eigenvalue weighted by molar-refractivity contribution is 0.411. The van der Waals surface area contributed by atoms with E-state index in [0.29, 0.717) is 0 Å². The largest absolute Gasteiger partial charge is 0.495 e. The molecule has 3 nitrogen and oxygen atoms in total. The summed E-state index contributed by atoms with van der Waals surface area (Å²) in [7, 11) is 1.76. The van der Waals surface area contributed by atoms with E-state index in [-0.39, 0.29) is 5.41 Å². The number of hydrogen-bond acceptors (Lipinski definition) is 3. The fraction of sp³-hybridized carbons (Fsp3) is 0.600. The summed E-state index contributed by atoms with van der Waals surface area (Å²) in [5, 5.41) is 3.38. The molecule has 1 aromatic carbocycles. The van der Waals surface area contributed by atoms with E-state index in [4.69, 9.17) is 4.74 Å². The second-order valence-electron chi connectivity index (χ2n) is 5.87. The zero-order chi connectivity index (χ0) is 13.2. The van der Waals surface area contributed by atoms with Crippen LogP contribution >= 0.6 is 0 Å². The van der Waals surface area contributed by atoms with Crippen LogP contribution in [0.1, 0.15) is 26.3 Å². The quantitative estimate of drug-likeness (QED) is 0.870. The van der Waals surface area contributed by atoms with Gasteiger partial charge in [-0.05, 0) is 23.1 Å². The second kappa shape index (κ2) is 5.19. The summed E-state index contributed by atoms with van der Waals surface area (Å²) >= 11 is 0. The van der Waals surface area contributed by atoms with Crippen LogP contribution < -0.4 is 15.0 Å². The van der Waals surface area contributed by atoms with Crippen LogP contribution in [0.15, 0.2) is 18.2 Å². The smallest absolute Gasteiger partial charge is 0.142 e. The fourth-order valence-corrected chi connectivity index (χ4v) is 2.31. The minimum absolute atomic E-state index is 0.162. The molecule has 0 saturated carbocycles. The molecule has 0 unspecified atom stereocenters. The van der Waals surface area contributed by atoms with Gasteiger partial charge in [0.15, 0.2) is 0 Å². The average Bonchev–Trinajstić information content (AvgIpc) is 2.38. The van der Waals surface area contributed by atoms with Gasteiger partial charge in [0, 0.05) is 26.2 Å². The predicted octanol–water partition coefficient (Wildman–Crippen LogP) is 2.40. The number of nitrogens with one attached hydrogen (secondary N) is 1. The van der Waals surface area contributed by atoms with E-state index < -0.39 is 0 Å². The maximum Gasteiger partial charge on any atom is 0.142 e. The van der Waals surface area contributed by atoms with Crippen molar-refractivity contribution >= 4 is 5.69 Å². The van der Waals surface area contributed by atoms with Crippen molar-refractivity contribution in [2.24, 2.45) is 0 Å². The van der Waals surface area contributed by atoms with Gasteiger partial charge in [0.2, 0.25) is 0 Å². The first-order valence-electron chi connectivity index (χ1n) is 6.66. The van der Waals surface area contributed by atoms with Gasteiger partial charge in [0.1, 0.15) is 5.75 Å². The van der Waals surface area contributed by atoms with Crippen molar-refractivity contribution in [3.05, 3.63) is 23.8 Å². The minimum atomic E-state index is 0.162. The molecular weight excluding hydrogens is 224 g/mol. The molecule has 1 aliphatic rings. The molecule has 0 atom stereocenters. The number of benzene rings is 1. The zero-order valence-corrected chi connectivity index (χ0v) is 11.9. The number of piperazine rings is 1.